The van der Waals surface area contributed by atoms with E-state index in [9.17, 15) is 4.79 Å². The minimum absolute atomic E-state index is 0.209. The molecule has 0 aliphatic carbocycles. The highest BCUT2D eigenvalue weighted by Crippen LogP contribution is 2.44. The minimum Gasteiger partial charge on any atom is -0.497 e. The highest BCUT2D eigenvalue weighted by molar-refractivity contribution is 7.15. The highest BCUT2D eigenvalue weighted by atomic mass is 32.1. The number of hydrogen-bond donors (Lipinski definition) is 1. The summed E-state index contributed by atoms with van der Waals surface area (Å²) in [5.74, 6) is 1.95. The number of hydrogen-bond acceptors (Lipinski definition) is 6. The fourth-order valence-corrected chi connectivity index (χ4v) is 7.05. The second-order valence-electron chi connectivity index (χ2n) is 9.88. The van der Waals surface area contributed by atoms with E-state index in [4.69, 9.17) is 14.2 Å². The molecule has 1 atom stereocenters. The third kappa shape index (κ3) is 4.51. The van der Waals surface area contributed by atoms with Gasteiger partial charge < -0.3 is 33.9 Å². The van der Waals surface area contributed by atoms with Crippen LogP contribution in [0.15, 0.2) is 60.8 Å². The third-order valence-corrected chi connectivity index (χ3v) is 8.83. The summed E-state index contributed by atoms with van der Waals surface area (Å²) < 4.78 is 18.8. The van der Waals surface area contributed by atoms with Gasteiger partial charge in [0.1, 0.15) is 22.2 Å². The van der Waals surface area contributed by atoms with Gasteiger partial charge in [0.2, 0.25) is 0 Å². The summed E-state index contributed by atoms with van der Waals surface area (Å²) in [6, 6.07) is 17.0. The molecule has 2 aliphatic rings. The Hall–Kier alpha value is -3.95. The molecule has 2 amide bonds. The first-order valence-corrected chi connectivity index (χ1v) is 13.8. The summed E-state index contributed by atoms with van der Waals surface area (Å²) in [5, 5.41) is 4.33. The first-order valence-electron chi connectivity index (χ1n) is 12.9. The van der Waals surface area contributed by atoms with E-state index in [0.29, 0.717) is 23.7 Å². The lowest BCUT2D eigenvalue weighted by Gasteiger charge is -2.32. The Morgan fingerprint density at radius 2 is 1.77 bits per heavy atom. The number of methoxy groups -OCH3 is 3. The summed E-state index contributed by atoms with van der Waals surface area (Å²) >= 11 is 1.84. The maximum atomic E-state index is 14.2. The maximum Gasteiger partial charge on any atom is 0.323 e. The molecule has 0 bridgehead atoms. The Bertz CT molecular complexity index is 1530. The fraction of sp³-hybridized carbons (Fsp3) is 0.300. The van der Waals surface area contributed by atoms with Crippen LogP contribution in [0.3, 0.4) is 0 Å². The van der Waals surface area contributed by atoms with Gasteiger partial charge in [-0.15, -0.1) is 11.3 Å². The van der Waals surface area contributed by atoms with Crippen molar-refractivity contribution in [3.8, 4) is 22.2 Å². The van der Waals surface area contributed by atoms with Crippen LogP contribution in [0.25, 0.3) is 5.00 Å². The maximum absolute atomic E-state index is 14.2. The van der Waals surface area contributed by atoms with Crippen molar-refractivity contribution in [1.82, 2.24) is 14.4 Å². The zero-order valence-corrected chi connectivity index (χ0v) is 23.4. The van der Waals surface area contributed by atoms with Crippen molar-refractivity contribution in [3.05, 3.63) is 88.1 Å². The lowest BCUT2D eigenvalue weighted by atomic mass is 10.00. The van der Waals surface area contributed by atoms with Crippen LogP contribution >= 0.6 is 11.3 Å². The van der Waals surface area contributed by atoms with Crippen LogP contribution in [-0.2, 0) is 19.5 Å². The molecular formula is C30H32N4O4S. The predicted molar refractivity (Wildman–Crippen MR) is 153 cm³/mol. The number of carbonyl (C=O) groups excluding carboxylic acids is 1. The summed E-state index contributed by atoms with van der Waals surface area (Å²) in [6.45, 7) is 2.42. The zero-order chi connectivity index (χ0) is 27.1. The molecular weight excluding hydrogens is 512 g/mol. The van der Waals surface area contributed by atoms with E-state index in [2.05, 4.69) is 46.2 Å². The van der Waals surface area contributed by atoms with Crippen molar-refractivity contribution in [2.75, 3.05) is 40.2 Å². The molecule has 0 fully saturated rings. The van der Waals surface area contributed by atoms with E-state index >= 15 is 0 Å². The summed E-state index contributed by atoms with van der Waals surface area (Å²) in [5.41, 5.74) is 5.20. The van der Waals surface area contributed by atoms with E-state index in [0.717, 1.165) is 36.5 Å². The molecule has 2 aromatic heterocycles. The van der Waals surface area contributed by atoms with Gasteiger partial charge >= 0.3 is 6.03 Å². The summed E-state index contributed by atoms with van der Waals surface area (Å²) in [6.07, 6.45) is 3.08. The average molecular weight is 545 g/mol. The molecule has 0 spiro atoms. The van der Waals surface area contributed by atoms with Crippen LogP contribution in [0.2, 0.25) is 0 Å². The molecule has 0 radical (unpaired) electrons. The van der Waals surface area contributed by atoms with E-state index in [1.807, 2.05) is 46.6 Å². The number of amides is 2. The molecule has 202 valence electrons. The van der Waals surface area contributed by atoms with E-state index in [1.165, 1.54) is 21.0 Å². The molecule has 2 aromatic carbocycles. The lowest BCUT2D eigenvalue weighted by Crippen LogP contribution is -2.38. The minimum atomic E-state index is -0.333. The number of rotatable bonds is 5. The van der Waals surface area contributed by atoms with Crippen LogP contribution in [-0.4, -0.2) is 55.3 Å². The van der Waals surface area contributed by atoms with Crippen molar-refractivity contribution < 1.29 is 19.0 Å². The van der Waals surface area contributed by atoms with Gasteiger partial charge in [-0.3, -0.25) is 0 Å². The van der Waals surface area contributed by atoms with Gasteiger partial charge in [0.05, 0.1) is 45.3 Å². The third-order valence-electron chi connectivity index (χ3n) is 7.58. The van der Waals surface area contributed by atoms with Gasteiger partial charge in [-0.2, -0.15) is 0 Å². The van der Waals surface area contributed by atoms with Crippen LogP contribution in [0, 0.1) is 0 Å². The number of nitrogens with one attached hydrogen (secondary N) is 1. The van der Waals surface area contributed by atoms with Crippen LogP contribution in [0.1, 0.15) is 33.3 Å². The number of nitrogens with zero attached hydrogens (tertiary/aromatic N) is 3. The number of fused-ring (bicyclic) bond motifs is 5. The molecule has 1 N–H and O–H groups in total. The average Bonchev–Trinajstić information content (AvgIpc) is 3.54. The van der Waals surface area contributed by atoms with E-state index in [-0.39, 0.29) is 12.1 Å². The van der Waals surface area contributed by atoms with Crippen molar-refractivity contribution in [1.29, 1.82) is 0 Å². The number of urea groups is 1. The van der Waals surface area contributed by atoms with Crippen LogP contribution < -0.4 is 19.5 Å². The van der Waals surface area contributed by atoms with Gasteiger partial charge in [-0.1, -0.05) is 12.1 Å². The Morgan fingerprint density at radius 3 is 2.56 bits per heavy atom. The van der Waals surface area contributed by atoms with Gasteiger partial charge in [-0.25, -0.2) is 4.79 Å². The topological polar surface area (TPSA) is 68.2 Å². The number of likely N-dealkylation sites (N-methyl/N-ethyl adjacent to an activating group) is 1. The largest absolute Gasteiger partial charge is 0.497 e. The molecule has 4 aromatic rings. The Labute approximate surface area is 232 Å². The summed E-state index contributed by atoms with van der Waals surface area (Å²) in [7, 11) is 7.02. The highest BCUT2D eigenvalue weighted by Gasteiger charge is 2.36. The monoisotopic (exact) mass is 544 g/mol. The molecule has 0 unspecified atom stereocenters. The second kappa shape index (κ2) is 10.3. The first-order chi connectivity index (χ1) is 19.0. The van der Waals surface area contributed by atoms with Crippen LogP contribution in [0.5, 0.6) is 17.2 Å². The lowest BCUT2D eigenvalue weighted by molar-refractivity contribution is 0.194. The van der Waals surface area contributed by atoms with Gasteiger partial charge in [0.15, 0.2) is 0 Å². The van der Waals surface area contributed by atoms with Gasteiger partial charge in [-0.05, 0) is 61.0 Å². The standard InChI is InChI=1S/C30H32N4O4S/c1-32-14-12-22-23-17-34(30(35)31-24-11-10-21(37-3)16-26(24)38-4)28(19-7-5-8-20(15-19)36-2)25-9-6-13-33(25)29(23)39-27(22)18-32/h5-11,13,15-16,28H,12,14,17-18H2,1-4H3,(H,31,35)/t28-/m0/s1. The smallest absolute Gasteiger partial charge is 0.323 e. The van der Waals surface area contributed by atoms with Gasteiger partial charge in [0.25, 0.3) is 0 Å². The molecule has 2 aliphatic heterocycles. The SMILES string of the molecule is COc1cccc([C@H]2c3cccn3-c3sc4c(c3CN2C(=O)Nc2ccc(OC)cc2OC)CCN(C)C4)c1. The van der Waals surface area contributed by atoms with Crippen molar-refractivity contribution in [2.45, 2.75) is 25.6 Å². The Morgan fingerprint density at radius 1 is 0.949 bits per heavy atom. The molecule has 8 nitrogen and oxygen atoms in total. The molecule has 6 rings (SSSR count). The fourth-order valence-electron chi connectivity index (χ4n) is 5.60. The number of aromatic nitrogens is 1. The number of thiophene rings is 1. The Kier molecular flexibility index (Phi) is 6.70. The van der Waals surface area contributed by atoms with Crippen molar-refractivity contribution >= 4 is 23.1 Å². The normalized spacial score (nSPS) is 16.5. The number of carbonyl (C=O) groups is 1. The molecule has 9 heteroatoms. The van der Waals surface area contributed by atoms with Crippen molar-refractivity contribution in [3.63, 3.8) is 0 Å². The number of anilines is 1. The van der Waals surface area contributed by atoms with Gasteiger partial charge in [0, 0.05) is 35.8 Å². The Balaban J connectivity index is 1.48. The predicted octanol–water partition coefficient (Wildman–Crippen LogP) is 5.69. The van der Waals surface area contributed by atoms with E-state index < -0.39 is 0 Å². The summed E-state index contributed by atoms with van der Waals surface area (Å²) in [4.78, 5) is 19.9. The molecule has 39 heavy (non-hydrogen) atoms. The first kappa shape index (κ1) is 25.3. The number of benzene rings is 2. The number of ether oxygens (including phenoxy) is 3. The molecule has 4 heterocycles. The second-order valence-corrected chi connectivity index (χ2v) is 11.0. The zero-order valence-electron chi connectivity index (χ0n) is 22.6. The molecule has 0 saturated heterocycles. The molecule has 0 saturated carbocycles. The quantitative estimate of drug-likeness (QED) is 0.350. The van der Waals surface area contributed by atoms with Crippen molar-refractivity contribution in [2.24, 2.45) is 0 Å². The van der Waals surface area contributed by atoms with E-state index in [1.54, 1.807) is 27.4 Å². The van der Waals surface area contributed by atoms with Crippen LogP contribution in [0.4, 0.5) is 10.5 Å².